The van der Waals surface area contributed by atoms with Crippen LogP contribution in [0.25, 0.3) is 0 Å². The fraction of sp³-hybridized carbons (Fsp3) is 0.412. The smallest absolute Gasteiger partial charge is 0.165 e. The topological polar surface area (TPSA) is 43.6 Å². The Morgan fingerprint density at radius 1 is 1.14 bits per heavy atom. The number of benzene rings is 1. The molecule has 0 bridgehead atoms. The lowest BCUT2D eigenvalue weighted by Crippen LogP contribution is -2.14. The van der Waals surface area contributed by atoms with E-state index in [1.807, 2.05) is 30.3 Å². The molecule has 0 spiro atoms. The van der Waals surface area contributed by atoms with Crippen LogP contribution >= 0.6 is 0 Å². The van der Waals surface area contributed by atoms with E-state index in [-0.39, 0.29) is 0 Å². The van der Waals surface area contributed by atoms with E-state index >= 15 is 0 Å². The van der Waals surface area contributed by atoms with Crippen molar-refractivity contribution in [2.45, 2.75) is 26.9 Å². The van der Waals surface area contributed by atoms with Crippen LogP contribution in [0.4, 0.5) is 0 Å². The van der Waals surface area contributed by atoms with Gasteiger partial charge in [-0.2, -0.15) is 0 Å². The van der Waals surface area contributed by atoms with Crippen molar-refractivity contribution in [3.63, 3.8) is 0 Å². The molecule has 0 radical (unpaired) electrons. The Morgan fingerprint density at radius 2 is 2.00 bits per heavy atom. The molecular weight excluding hydrogens is 266 g/mol. The van der Waals surface area contributed by atoms with Crippen molar-refractivity contribution in [3.8, 4) is 11.5 Å². The molecule has 1 heterocycles. The summed E-state index contributed by atoms with van der Waals surface area (Å²) in [4.78, 5) is 0. The number of furan rings is 1. The van der Waals surface area contributed by atoms with Gasteiger partial charge in [-0.05, 0) is 24.1 Å². The van der Waals surface area contributed by atoms with Crippen molar-refractivity contribution in [2.75, 3.05) is 13.7 Å². The van der Waals surface area contributed by atoms with E-state index in [2.05, 4.69) is 19.2 Å². The average Bonchev–Trinajstić information content (AvgIpc) is 2.98. The Hall–Kier alpha value is -1.94. The van der Waals surface area contributed by atoms with Gasteiger partial charge in [0.15, 0.2) is 11.5 Å². The van der Waals surface area contributed by atoms with E-state index in [4.69, 9.17) is 13.9 Å². The SMILES string of the molecule is COc1cccc(CNCc2ccco2)c1OCC(C)C. The summed E-state index contributed by atoms with van der Waals surface area (Å²) in [5.41, 5.74) is 1.08. The standard InChI is InChI=1S/C17H23NO3/c1-13(2)12-21-17-14(6-4-8-16(17)19-3)10-18-11-15-7-5-9-20-15/h4-9,13,18H,10-12H2,1-3H3. The van der Waals surface area contributed by atoms with Crippen molar-refractivity contribution in [2.24, 2.45) is 5.92 Å². The fourth-order valence-electron chi connectivity index (χ4n) is 2.01. The highest BCUT2D eigenvalue weighted by Crippen LogP contribution is 2.31. The molecule has 2 rings (SSSR count). The molecule has 0 saturated heterocycles. The lowest BCUT2D eigenvalue weighted by atomic mass is 10.1. The third kappa shape index (κ3) is 4.53. The normalized spacial score (nSPS) is 10.9. The first-order valence-corrected chi connectivity index (χ1v) is 7.22. The molecule has 4 nitrogen and oxygen atoms in total. The van der Waals surface area contributed by atoms with Gasteiger partial charge >= 0.3 is 0 Å². The number of hydrogen-bond donors (Lipinski definition) is 1. The van der Waals surface area contributed by atoms with Crippen LogP contribution in [0.15, 0.2) is 41.0 Å². The van der Waals surface area contributed by atoms with Crippen molar-refractivity contribution >= 4 is 0 Å². The predicted molar refractivity (Wildman–Crippen MR) is 82.6 cm³/mol. The Bertz CT molecular complexity index is 535. The van der Waals surface area contributed by atoms with Gasteiger partial charge < -0.3 is 19.2 Å². The van der Waals surface area contributed by atoms with E-state index in [0.717, 1.165) is 22.8 Å². The molecule has 1 N–H and O–H groups in total. The molecule has 0 saturated carbocycles. The highest BCUT2D eigenvalue weighted by molar-refractivity contribution is 5.46. The maximum absolute atomic E-state index is 5.92. The molecule has 0 fully saturated rings. The minimum absolute atomic E-state index is 0.471. The summed E-state index contributed by atoms with van der Waals surface area (Å²) in [6, 6.07) is 9.79. The first kappa shape index (κ1) is 15.4. The van der Waals surface area contributed by atoms with Crippen LogP contribution in [0, 0.1) is 5.92 Å². The van der Waals surface area contributed by atoms with Crippen LogP contribution < -0.4 is 14.8 Å². The quantitative estimate of drug-likeness (QED) is 0.806. The van der Waals surface area contributed by atoms with Gasteiger partial charge in [-0.25, -0.2) is 0 Å². The molecular formula is C17H23NO3. The molecule has 0 unspecified atom stereocenters. The molecule has 0 aliphatic heterocycles. The number of methoxy groups -OCH3 is 1. The molecule has 0 aliphatic carbocycles. The highest BCUT2D eigenvalue weighted by Gasteiger charge is 2.11. The first-order valence-electron chi connectivity index (χ1n) is 7.22. The Kier molecular flexibility index (Phi) is 5.69. The van der Waals surface area contributed by atoms with E-state index in [1.54, 1.807) is 13.4 Å². The molecule has 2 aromatic rings. The summed E-state index contributed by atoms with van der Waals surface area (Å²) in [5.74, 6) is 2.98. The minimum Gasteiger partial charge on any atom is -0.493 e. The molecule has 21 heavy (non-hydrogen) atoms. The first-order chi connectivity index (χ1) is 10.2. The summed E-state index contributed by atoms with van der Waals surface area (Å²) in [7, 11) is 1.66. The van der Waals surface area contributed by atoms with Gasteiger partial charge in [0.05, 0.1) is 26.5 Å². The van der Waals surface area contributed by atoms with Crippen molar-refractivity contribution in [1.29, 1.82) is 0 Å². The molecule has 1 aromatic heterocycles. The van der Waals surface area contributed by atoms with Crippen molar-refractivity contribution in [1.82, 2.24) is 5.32 Å². The van der Waals surface area contributed by atoms with Crippen LogP contribution in [-0.2, 0) is 13.1 Å². The van der Waals surface area contributed by atoms with Gasteiger partial charge in [0.1, 0.15) is 5.76 Å². The monoisotopic (exact) mass is 289 g/mol. The predicted octanol–water partition coefficient (Wildman–Crippen LogP) is 3.61. The Morgan fingerprint density at radius 3 is 2.67 bits per heavy atom. The van der Waals surface area contributed by atoms with Crippen LogP contribution in [0.5, 0.6) is 11.5 Å². The van der Waals surface area contributed by atoms with E-state index in [9.17, 15) is 0 Å². The van der Waals surface area contributed by atoms with Crippen LogP contribution in [0.2, 0.25) is 0 Å². The number of para-hydroxylation sites is 1. The van der Waals surface area contributed by atoms with Crippen molar-refractivity contribution < 1.29 is 13.9 Å². The summed E-state index contributed by atoms with van der Waals surface area (Å²) < 4.78 is 16.6. The minimum atomic E-state index is 0.471. The average molecular weight is 289 g/mol. The zero-order valence-corrected chi connectivity index (χ0v) is 12.9. The van der Waals surface area contributed by atoms with Crippen LogP contribution in [0.3, 0.4) is 0 Å². The molecule has 1 aromatic carbocycles. The molecule has 4 heteroatoms. The maximum atomic E-state index is 5.92. The second-order valence-corrected chi connectivity index (χ2v) is 5.34. The zero-order valence-electron chi connectivity index (χ0n) is 12.9. The molecule has 114 valence electrons. The number of rotatable bonds is 8. The van der Waals surface area contributed by atoms with Crippen molar-refractivity contribution in [3.05, 3.63) is 47.9 Å². The molecule has 0 atom stereocenters. The van der Waals surface area contributed by atoms with E-state index < -0.39 is 0 Å². The summed E-state index contributed by atoms with van der Waals surface area (Å²) in [6.45, 7) is 6.32. The van der Waals surface area contributed by atoms with Gasteiger partial charge in [0.25, 0.3) is 0 Å². The summed E-state index contributed by atoms with van der Waals surface area (Å²) in [5, 5.41) is 3.35. The largest absolute Gasteiger partial charge is 0.493 e. The van der Waals surface area contributed by atoms with Gasteiger partial charge in [-0.15, -0.1) is 0 Å². The summed E-state index contributed by atoms with van der Waals surface area (Å²) in [6.07, 6.45) is 1.68. The highest BCUT2D eigenvalue weighted by atomic mass is 16.5. The number of ether oxygens (including phenoxy) is 2. The number of nitrogens with one attached hydrogen (secondary N) is 1. The third-order valence-electron chi connectivity index (χ3n) is 3.04. The van der Waals surface area contributed by atoms with Gasteiger partial charge in [-0.3, -0.25) is 0 Å². The van der Waals surface area contributed by atoms with Gasteiger partial charge in [0, 0.05) is 12.1 Å². The number of hydrogen-bond acceptors (Lipinski definition) is 4. The second-order valence-electron chi connectivity index (χ2n) is 5.34. The molecule has 0 amide bonds. The Balaban J connectivity index is 2.02. The lowest BCUT2D eigenvalue weighted by molar-refractivity contribution is 0.253. The lowest BCUT2D eigenvalue weighted by Gasteiger charge is -2.16. The van der Waals surface area contributed by atoms with Gasteiger partial charge in [0.2, 0.25) is 0 Å². The third-order valence-corrected chi connectivity index (χ3v) is 3.04. The van der Waals surface area contributed by atoms with E-state index in [0.29, 0.717) is 25.6 Å². The fourth-order valence-corrected chi connectivity index (χ4v) is 2.01. The summed E-state index contributed by atoms with van der Waals surface area (Å²) >= 11 is 0. The maximum Gasteiger partial charge on any atom is 0.165 e. The zero-order chi connectivity index (χ0) is 15.1. The van der Waals surface area contributed by atoms with Gasteiger partial charge in [-0.1, -0.05) is 26.0 Å². The van der Waals surface area contributed by atoms with Crippen LogP contribution in [0.1, 0.15) is 25.2 Å². The Labute approximate surface area is 126 Å². The van der Waals surface area contributed by atoms with E-state index in [1.165, 1.54) is 0 Å². The second kappa shape index (κ2) is 7.74. The molecule has 0 aliphatic rings. The van der Waals surface area contributed by atoms with Crippen LogP contribution in [-0.4, -0.2) is 13.7 Å².